The van der Waals surface area contributed by atoms with E-state index in [0.29, 0.717) is 0 Å². The number of aromatic nitrogens is 1. The van der Waals surface area contributed by atoms with E-state index in [2.05, 4.69) is 54.1 Å². The molecule has 6 N–H and O–H groups in total. The second-order valence-electron chi connectivity index (χ2n) is 5.24. The summed E-state index contributed by atoms with van der Waals surface area (Å²) in [6, 6.07) is 12.5. The molecular formula is C15H26N2O8P2S. The molecule has 28 heavy (non-hydrogen) atoms. The third-order valence-corrected chi connectivity index (χ3v) is 4.03. The maximum absolute atomic E-state index is 8.88. The van der Waals surface area contributed by atoms with Gasteiger partial charge in [-0.25, -0.2) is 14.1 Å². The van der Waals surface area contributed by atoms with E-state index in [-0.39, 0.29) is 0 Å². The molecule has 10 nitrogen and oxygen atoms in total. The molecule has 1 heterocycles. The van der Waals surface area contributed by atoms with E-state index in [1.54, 1.807) is 0 Å². The van der Waals surface area contributed by atoms with Gasteiger partial charge in [-0.1, -0.05) is 38.1 Å². The second-order valence-corrected chi connectivity index (χ2v) is 8.41. The molecule has 13 heteroatoms. The molecule has 0 bridgehead atoms. The molecule has 0 aliphatic heterocycles. The van der Waals surface area contributed by atoms with Crippen LogP contribution in [0.5, 0.6) is 0 Å². The summed E-state index contributed by atoms with van der Waals surface area (Å²) in [5, 5.41) is 2.34. The Morgan fingerprint density at radius 2 is 1.39 bits per heavy atom. The Labute approximate surface area is 167 Å². The van der Waals surface area contributed by atoms with Gasteiger partial charge in [-0.2, -0.15) is 0 Å². The molecule has 0 amide bonds. The molecule has 0 aliphatic rings. The lowest BCUT2D eigenvalue weighted by atomic mass is 10.2. The number of rotatable bonds is 6. The first-order valence-corrected chi connectivity index (χ1v) is 12.2. The molecule has 0 saturated carbocycles. The molecule has 1 aromatic carbocycles. The van der Waals surface area contributed by atoms with Crippen LogP contribution in [0.4, 0.5) is 0 Å². The van der Waals surface area contributed by atoms with Gasteiger partial charge >= 0.3 is 15.6 Å². The molecule has 0 atom stereocenters. The Balaban J connectivity index is 0.000000607. The van der Waals surface area contributed by atoms with E-state index in [0.717, 1.165) is 35.9 Å². The van der Waals surface area contributed by atoms with Crippen LogP contribution in [0.25, 0.3) is 10.9 Å². The zero-order valence-electron chi connectivity index (χ0n) is 15.5. The van der Waals surface area contributed by atoms with Crippen molar-refractivity contribution >= 4 is 38.3 Å². The molecule has 0 saturated heterocycles. The average Bonchev–Trinajstić information content (AvgIpc) is 2.56. The van der Waals surface area contributed by atoms with Gasteiger partial charge in [-0.3, -0.25) is 0 Å². The quantitative estimate of drug-likeness (QED) is 0.277. The topological polar surface area (TPSA) is 172 Å². The van der Waals surface area contributed by atoms with E-state index in [1.165, 1.54) is 5.39 Å². The predicted octanol–water partition coefficient (Wildman–Crippen LogP) is 1.81. The minimum absolute atomic E-state index is 1.09. The number of benzene rings is 1. The highest BCUT2D eigenvalue weighted by Gasteiger charge is 2.02. The summed E-state index contributed by atoms with van der Waals surface area (Å²) < 4.78 is 17.8. The van der Waals surface area contributed by atoms with Crippen LogP contribution >= 0.6 is 27.4 Å². The van der Waals surface area contributed by atoms with Gasteiger partial charge in [0, 0.05) is 17.7 Å². The number of phosphoric acid groups is 2. The fraction of sp³-hybridized carbons (Fsp3) is 0.400. The van der Waals surface area contributed by atoms with E-state index in [4.69, 9.17) is 38.5 Å². The second kappa shape index (κ2) is 13.4. The molecule has 1 aromatic heterocycles. The minimum Gasteiger partial charge on any atom is -0.303 e. The smallest absolute Gasteiger partial charge is 0.303 e. The maximum atomic E-state index is 8.88. The Morgan fingerprint density at radius 1 is 0.893 bits per heavy atom. The Hall–Kier alpha value is -0.840. The largest absolute Gasteiger partial charge is 0.466 e. The van der Waals surface area contributed by atoms with Crippen molar-refractivity contribution in [3.63, 3.8) is 0 Å². The summed E-state index contributed by atoms with van der Waals surface area (Å²) in [6.07, 6.45) is 0. The standard InChI is InChI=1S/C15H20N2S.2H3O4P/c1-3-17(4-2)11-12-18-15-10-9-13-7-5-6-8-14(13)16-15;2*1-5(2,3)4/h5-10H,3-4,11-12H2,1-2H3;2*(H3,1,2,3,4). The molecule has 2 rings (SSSR count). The average molecular weight is 456 g/mol. The van der Waals surface area contributed by atoms with Crippen LogP contribution in [0.2, 0.25) is 0 Å². The fourth-order valence-electron chi connectivity index (χ4n) is 1.95. The maximum Gasteiger partial charge on any atom is 0.466 e. The Morgan fingerprint density at radius 3 is 1.89 bits per heavy atom. The number of para-hydroxylation sites is 1. The minimum atomic E-state index is -4.64. The van der Waals surface area contributed by atoms with Crippen LogP contribution < -0.4 is 0 Å². The van der Waals surface area contributed by atoms with Crippen molar-refractivity contribution in [3.05, 3.63) is 36.4 Å². The lowest BCUT2D eigenvalue weighted by molar-refractivity contribution is 0.272. The Bertz CT molecular complexity index is 758. The lowest BCUT2D eigenvalue weighted by Crippen LogP contribution is -2.25. The van der Waals surface area contributed by atoms with Crippen LogP contribution in [-0.2, 0) is 9.13 Å². The normalized spacial score (nSPS) is 11.5. The number of thioether (sulfide) groups is 1. The number of nitrogens with zero attached hydrogens (tertiary/aromatic N) is 2. The zero-order chi connectivity index (χ0) is 21.8. The van der Waals surface area contributed by atoms with Crippen molar-refractivity contribution in [1.82, 2.24) is 9.88 Å². The third kappa shape index (κ3) is 17.3. The van der Waals surface area contributed by atoms with Gasteiger partial charge in [0.2, 0.25) is 0 Å². The van der Waals surface area contributed by atoms with Gasteiger partial charge in [-0.05, 0) is 25.2 Å². The molecule has 0 radical (unpaired) electrons. The molecule has 0 unspecified atom stereocenters. The fourth-order valence-corrected chi connectivity index (χ4v) is 2.83. The molecule has 0 fully saturated rings. The number of fused-ring (bicyclic) bond motifs is 1. The highest BCUT2D eigenvalue weighted by Crippen LogP contribution is 2.26. The SMILES string of the molecule is CCN(CC)CCSc1ccc2ccccc2n1.O=P(O)(O)O.O=P(O)(O)O. The molecule has 2 aromatic rings. The van der Waals surface area contributed by atoms with Crippen LogP contribution in [0.3, 0.4) is 0 Å². The number of hydrogen-bond donors (Lipinski definition) is 6. The first-order chi connectivity index (χ1) is 12.8. The van der Waals surface area contributed by atoms with Gasteiger partial charge in [0.1, 0.15) is 0 Å². The van der Waals surface area contributed by atoms with Crippen LogP contribution in [-0.4, -0.2) is 64.6 Å². The van der Waals surface area contributed by atoms with Gasteiger partial charge in [0.05, 0.1) is 10.5 Å². The van der Waals surface area contributed by atoms with Gasteiger partial charge in [0.25, 0.3) is 0 Å². The van der Waals surface area contributed by atoms with Crippen molar-refractivity contribution in [1.29, 1.82) is 0 Å². The molecule has 0 aliphatic carbocycles. The highest BCUT2D eigenvalue weighted by atomic mass is 32.2. The number of pyridine rings is 1. The van der Waals surface area contributed by atoms with Crippen molar-refractivity contribution < 1.29 is 38.5 Å². The monoisotopic (exact) mass is 456 g/mol. The first kappa shape index (κ1) is 27.2. The van der Waals surface area contributed by atoms with Gasteiger partial charge < -0.3 is 34.3 Å². The third-order valence-electron chi connectivity index (χ3n) is 3.12. The van der Waals surface area contributed by atoms with E-state index in [9.17, 15) is 0 Å². The van der Waals surface area contributed by atoms with Crippen LogP contribution in [0.1, 0.15) is 13.8 Å². The van der Waals surface area contributed by atoms with Crippen LogP contribution in [0.15, 0.2) is 41.4 Å². The summed E-state index contributed by atoms with van der Waals surface area (Å²) in [5.74, 6) is 1.10. The first-order valence-electron chi connectivity index (χ1n) is 8.11. The summed E-state index contributed by atoms with van der Waals surface area (Å²) in [5.41, 5.74) is 1.09. The number of hydrogen-bond acceptors (Lipinski definition) is 5. The van der Waals surface area contributed by atoms with Crippen molar-refractivity contribution in [2.45, 2.75) is 18.9 Å². The van der Waals surface area contributed by atoms with Gasteiger partial charge in [0.15, 0.2) is 0 Å². The summed E-state index contributed by atoms with van der Waals surface area (Å²) in [6.45, 7) is 7.81. The molecule has 0 spiro atoms. The van der Waals surface area contributed by atoms with Crippen molar-refractivity contribution in [2.24, 2.45) is 0 Å². The predicted molar refractivity (Wildman–Crippen MR) is 109 cm³/mol. The lowest BCUT2D eigenvalue weighted by Gasteiger charge is -2.17. The highest BCUT2D eigenvalue weighted by molar-refractivity contribution is 7.99. The summed E-state index contributed by atoms with van der Waals surface area (Å²) in [4.78, 5) is 50.2. The Kier molecular flexibility index (Phi) is 13.0. The van der Waals surface area contributed by atoms with E-state index >= 15 is 0 Å². The van der Waals surface area contributed by atoms with E-state index in [1.807, 2.05) is 17.8 Å². The summed E-state index contributed by atoms with van der Waals surface area (Å²) >= 11 is 1.84. The molecule has 160 valence electrons. The summed E-state index contributed by atoms with van der Waals surface area (Å²) in [7, 11) is -9.28. The van der Waals surface area contributed by atoms with Gasteiger partial charge in [-0.15, -0.1) is 11.8 Å². The van der Waals surface area contributed by atoms with Crippen LogP contribution in [0, 0.1) is 0 Å². The van der Waals surface area contributed by atoms with E-state index < -0.39 is 15.6 Å². The van der Waals surface area contributed by atoms with Crippen molar-refractivity contribution in [2.75, 3.05) is 25.4 Å². The molecular weight excluding hydrogens is 430 g/mol. The van der Waals surface area contributed by atoms with Crippen molar-refractivity contribution in [3.8, 4) is 0 Å². The zero-order valence-corrected chi connectivity index (χ0v) is 18.1.